The Morgan fingerprint density at radius 3 is 2.52 bits per heavy atom. The molecule has 3 rings (SSSR count). The zero-order valence-electron chi connectivity index (χ0n) is 15.2. The van der Waals surface area contributed by atoms with Gasteiger partial charge in [-0.2, -0.15) is 0 Å². The highest BCUT2D eigenvalue weighted by Crippen LogP contribution is 2.39. The van der Waals surface area contributed by atoms with Gasteiger partial charge in [-0.1, -0.05) is 18.2 Å². The molecule has 142 valence electrons. The average Bonchev–Trinajstić information content (AvgIpc) is 3.13. The number of carbonyl (C=O) groups is 3. The van der Waals surface area contributed by atoms with Crippen molar-refractivity contribution in [2.45, 2.75) is 27.0 Å². The third kappa shape index (κ3) is 3.52. The minimum Gasteiger partial charge on any atom is -0.462 e. The number of hydrogen-bond donors (Lipinski definition) is 1. The highest BCUT2D eigenvalue weighted by atomic mass is 32.1. The van der Waals surface area contributed by atoms with Crippen molar-refractivity contribution in [3.05, 3.63) is 51.4 Å². The maximum atomic E-state index is 12.4. The Kier molecular flexibility index (Phi) is 5.46. The number of fused-ring (bicyclic) bond motifs is 1. The van der Waals surface area contributed by atoms with Gasteiger partial charge in [0.25, 0.3) is 0 Å². The zero-order chi connectivity index (χ0) is 19.6. The standard InChI is InChI=1S/C19H19NO6S/c1-4-24-18(22)13-10(3)14(19(23)25-5-2)27-16(13)20-15-11-8-6-7-9-12(11)17(21)26-15/h6-9,15,20H,4-5H2,1-3H3. The highest BCUT2D eigenvalue weighted by molar-refractivity contribution is 7.18. The minimum atomic E-state index is -0.755. The Balaban J connectivity index is 1.99. The molecule has 1 unspecified atom stereocenters. The van der Waals surface area contributed by atoms with Gasteiger partial charge in [-0.25, -0.2) is 14.4 Å². The first-order chi connectivity index (χ1) is 13.0. The molecule has 8 heteroatoms. The van der Waals surface area contributed by atoms with Crippen LogP contribution in [0.1, 0.15) is 61.6 Å². The van der Waals surface area contributed by atoms with Crippen molar-refractivity contribution >= 4 is 34.2 Å². The number of thiophene rings is 1. The minimum absolute atomic E-state index is 0.198. The summed E-state index contributed by atoms with van der Waals surface area (Å²) in [6, 6.07) is 7.00. The van der Waals surface area contributed by atoms with Crippen molar-refractivity contribution in [1.82, 2.24) is 0 Å². The van der Waals surface area contributed by atoms with E-state index in [9.17, 15) is 14.4 Å². The monoisotopic (exact) mass is 389 g/mol. The molecule has 2 heterocycles. The molecular formula is C19H19NO6S. The molecule has 2 aromatic rings. The SMILES string of the molecule is CCOC(=O)c1sc(NC2OC(=O)c3ccccc32)c(C(=O)OCC)c1C. The average molecular weight is 389 g/mol. The van der Waals surface area contributed by atoms with Crippen LogP contribution in [0.2, 0.25) is 0 Å². The molecule has 0 aliphatic carbocycles. The van der Waals surface area contributed by atoms with E-state index in [2.05, 4.69) is 5.32 Å². The molecule has 0 bridgehead atoms. The number of benzene rings is 1. The number of cyclic esters (lactones) is 1. The predicted octanol–water partition coefficient (Wildman–Crippen LogP) is 3.69. The van der Waals surface area contributed by atoms with Crippen molar-refractivity contribution < 1.29 is 28.6 Å². The zero-order valence-corrected chi connectivity index (χ0v) is 16.0. The van der Waals surface area contributed by atoms with Crippen LogP contribution < -0.4 is 5.32 Å². The number of nitrogens with one attached hydrogen (secondary N) is 1. The van der Waals surface area contributed by atoms with Crippen LogP contribution in [-0.4, -0.2) is 31.1 Å². The normalized spacial score (nSPS) is 15.1. The number of carbonyl (C=O) groups excluding carboxylic acids is 3. The fourth-order valence-electron chi connectivity index (χ4n) is 2.83. The van der Waals surface area contributed by atoms with Crippen molar-refractivity contribution in [3.8, 4) is 0 Å². The van der Waals surface area contributed by atoms with Gasteiger partial charge in [-0.3, -0.25) is 0 Å². The number of rotatable bonds is 6. The number of anilines is 1. The lowest BCUT2D eigenvalue weighted by Gasteiger charge is -2.14. The first-order valence-corrected chi connectivity index (χ1v) is 9.33. The first-order valence-electron chi connectivity index (χ1n) is 8.51. The van der Waals surface area contributed by atoms with Gasteiger partial charge in [0.05, 0.1) is 24.3 Å². The Morgan fingerprint density at radius 2 is 1.81 bits per heavy atom. The quantitative estimate of drug-likeness (QED) is 0.595. The van der Waals surface area contributed by atoms with Gasteiger partial charge in [-0.15, -0.1) is 11.3 Å². The third-order valence-electron chi connectivity index (χ3n) is 4.04. The molecule has 0 radical (unpaired) electrons. The Morgan fingerprint density at radius 1 is 1.15 bits per heavy atom. The van der Waals surface area contributed by atoms with Crippen LogP contribution in [0, 0.1) is 6.92 Å². The fourth-order valence-corrected chi connectivity index (χ4v) is 3.93. The van der Waals surface area contributed by atoms with Crippen LogP contribution in [0.4, 0.5) is 5.00 Å². The molecular weight excluding hydrogens is 370 g/mol. The largest absolute Gasteiger partial charge is 0.462 e. The predicted molar refractivity (Wildman–Crippen MR) is 99.2 cm³/mol. The van der Waals surface area contributed by atoms with Crippen LogP contribution in [0.3, 0.4) is 0 Å². The topological polar surface area (TPSA) is 90.9 Å². The molecule has 0 spiro atoms. The molecule has 27 heavy (non-hydrogen) atoms. The van der Waals surface area contributed by atoms with E-state index < -0.39 is 24.1 Å². The van der Waals surface area contributed by atoms with E-state index in [-0.39, 0.29) is 18.8 Å². The van der Waals surface area contributed by atoms with Crippen LogP contribution in [0.25, 0.3) is 0 Å². The van der Waals surface area contributed by atoms with Gasteiger partial charge in [0.1, 0.15) is 9.88 Å². The fraction of sp³-hybridized carbons (Fsp3) is 0.316. The first kappa shape index (κ1) is 18.9. The van der Waals surface area contributed by atoms with Crippen molar-refractivity contribution in [2.24, 2.45) is 0 Å². The van der Waals surface area contributed by atoms with Gasteiger partial charge >= 0.3 is 17.9 Å². The van der Waals surface area contributed by atoms with Crippen molar-refractivity contribution in [2.75, 3.05) is 18.5 Å². The molecule has 1 aromatic heterocycles. The molecule has 1 N–H and O–H groups in total. The molecule has 0 amide bonds. The maximum absolute atomic E-state index is 12.4. The van der Waals surface area contributed by atoms with Crippen LogP contribution in [0.5, 0.6) is 0 Å². The van der Waals surface area contributed by atoms with Gasteiger partial charge in [0.2, 0.25) is 6.23 Å². The number of ether oxygens (including phenoxy) is 3. The van der Waals surface area contributed by atoms with E-state index in [1.807, 2.05) is 0 Å². The van der Waals surface area contributed by atoms with E-state index >= 15 is 0 Å². The summed E-state index contributed by atoms with van der Waals surface area (Å²) < 4.78 is 15.6. The summed E-state index contributed by atoms with van der Waals surface area (Å²) in [6.45, 7) is 5.49. The second-order valence-electron chi connectivity index (χ2n) is 5.72. The van der Waals surface area contributed by atoms with Gasteiger partial charge < -0.3 is 19.5 Å². The summed E-state index contributed by atoms with van der Waals surface area (Å²) in [5, 5.41) is 3.45. The van der Waals surface area contributed by atoms with Crippen molar-refractivity contribution in [3.63, 3.8) is 0 Å². The Labute approximate surface area is 160 Å². The van der Waals surface area contributed by atoms with Gasteiger partial charge in [0, 0.05) is 5.56 Å². The smallest absolute Gasteiger partial charge is 0.348 e. The van der Waals surface area contributed by atoms with E-state index in [1.165, 1.54) is 0 Å². The summed E-state index contributed by atoms with van der Waals surface area (Å²) in [6.07, 6.45) is -0.755. The molecule has 1 aromatic carbocycles. The van der Waals surface area contributed by atoms with Crippen molar-refractivity contribution in [1.29, 1.82) is 0 Å². The van der Waals surface area contributed by atoms with Gasteiger partial charge in [0.15, 0.2) is 0 Å². The highest BCUT2D eigenvalue weighted by Gasteiger charge is 2.33. The lowest BCUT2D eigenvalue weighted by molar-refractivity contribution is 0.0436. The molecule has 1 atom stereocenters. The van der Waals surface area contributed by atoms with E-state index in [1.54, 1.807) is 45.0 Å². The molecule has 1 aliphatic heterocycles. The third-order valence-corrected chi connectivity index (χ3v) is 5.24. The molecule has 0 saturated heterocycles. The summed E-state index contributed by atoms with van der Waals surface area (Å²) in [5.41, 5.74) is 1.84. The summed E-state index contributed by atoms with van der Waals surface area (Å²) in [5.74, 6) is -1.51. The Hall–Kier alpha value is -2.87. The molecule has 1 aliphatic rings. The van der Waals surface area contributed by atoms with Gasteiger partial charge in [-0.05, 0) is 32.4 Å². The van der Waals surface area contributed by atoms with Crippen LogP contribution in [-0.2, 0) is 14.2 Å². The molecule has 7 nitrogen and oxygen atoms in total. The van der Waals surface area contributed by atoms with E-state index in [0.717, 1.165) is 11.3 Å². The van der Waals surface area contributed by atoms with E-state index in [4.69, 9.17) is 14.2 Å². The summed E-state index contributed by atoms with van der Waals surface area (Å²) >= 11 is 1.07. The van der Waals surface area contributed by atoms with E-state index in [0.29, 0.717) is 26.6 Å². The second-order valence-corrected chi connectivity index (χ2v) is 6.74. The number of esters is 3. The molecule has 0 saturated carbocycles. The summed E-state index contributed by atoms with van der Waals surface area (Å²) in [7, 11) is 0. The van der Waals surface area contributed by atoms with Crippen LogP contribution >= 0.6 is 11.3 Å². The maximum Gasteiger partial charge on any atom is 0.348 e. The van der Waals surface area contributed by atoms with Crippen LogP contribution in [0.15, 0.2) is 24.3 Å². The lowest BCUT2D eigenvalue weighted by Crippen LogP contribution is -2.13. The second kappa shape index (κ2) is 7.79. The molecule has 0 fully saturated rings. The summed E-state index contributed by atoms with van der Waals surface area (Å²) in [4.78, 5) is 37.0. The number of hydrogen-bond acceptors (Lipinski definition) is 8. The lowest BCUT2D eigenvalue weighted by atomic mass is 10.1. The Bertz CT molecular complexity index is 904.